The van der Waals surface area contributed by atoms with E-state index in [0.29, 0.717) is 10.9 Å². The second-order valence-electron chi connectivity index (χ2n) is 5.41. The van der Waals surface area contributed by atoms with Gasteiger partial charge in [-0.15, -0.1) is 0 Å². The fraction of sp³-hybridized carbons (Fsp3) is 0.571. The molecule has 0 aromatic heterocycles. The molecule has 0 spiro atoms. The van der Waals surface area contributed by atoms with Crippen molar-refractivity contribution in [2.24, 2.45) is 0 Å². The van der Waals surface area contributed by atoms with Gasteiger partial charge in [-0.1, -0.05) is 6.07 Å². The zero-order valence-corrected chi connectivity index (χ0v) is 13.8. The molecule has 0 bridgehead atoms. The van der Waals surface area contributed by atoms with E-state index in [1.165, 1.54) is 0 Å². The summed E-state index contributed by atoms with van der Waals surface area (Å²) in [5, 5.41) is 0.554. The zero-order valence-electron chi connectivity index (χ0n) is 12.1. The monoisotopic (exact) mass is 314 g/mol. The number of aryl methyl sites for hydroxylation is 1. The highest BCUT2D eigenvalue weighted by molar-refractivity contribution is 7.99. The van der Waals surface area contributed by atoms with Crippen molar-refractivity contribution < 1.29 is 8.42 Å². The van der Waals surface area contributed by atoms with Crippen LogP contribution in [0.2, 0.25) is 0 Å². The Morgan fingerprint density at radius 1 is 1.30 bits per heavy atom. The van der Waals surface area contributed by atoms with E-state index in [1.54, 1.807) is 13.0 Å². The molecule has 1 aliphatic carbocycles. The first-order valence-corrected chi connectivity index (χ1v) is 9.53. The van der Waals surface area contributed by atoms with Crippen LogP contribution in [0, 0.1) is 13.8 Å². The summed E-state index contributed by atoms with van der Waals surface area (Å²) in [4.78, 5) is 0.241. The fourth-order valence-corrected chi connectivity index (χ4v) is 5.22. The summed E-state index contributed by atoms with van der Waals surface area (Å²) in [6.07, 6.45) is 4.93. The lowest BCUT2D eigenvalue weighted by molar-refractivity contribution is 0.552. The van der Waals surface area contributed by atoms with E-state index < -0.39 is 10.0 Å². The smallest absolute Gasteiger partial charge is 0.243 e. The number of benzene rings is 1. The van der Waals surface area contributed by atoms with Crippen molar-refractivity contribution in [3.05, 3.63) is 23.3 Å². The molecule has 0 amide bonds. The van der Waals surface area contributed by atoms with Crippen molar-refractivity contribution in [1.82, 2.24) is 4.72 Å². The average Bonchev–Trinajstić information content (AvgIpc) is 2.81. The summed E-state index contributed by atoms with van der Waals surface area (Å²) in [6.45, 7) is 3.70. The van der Waals surface area contributed by atoms with Crippen LogP contribution in [0.1, 0.15) is 30.4 Å². The van der Waals surface area contributed by atoms with Crippen LogP contribution in [0.25, 0.3) is 0 Å². The third-order valence-corrected chi connectivity index (χ3v) is 6.83. The number of thioether (sulfide) groups is 1. The molecule has 1 aliphatic rings. The lowest BCUT2D eigenvalue weighted by Crippen LogP contribution is -2.34. The second kappa shape index (κ2) is 5.95. The predicted octanol–water partition coefficient (Wildman–Crippen LogP) is 2.45. The molecule has 2 unspecified atom stereocenters. The van der Waals surface area contributed by atoms with Gasteiger partial charge in [0.1, 0.15) is 4.90 Å². The average molecular weight is 314 g/mol. The number of anilines is 1. The SMILES string of the molecule is CSC1CCC(NS(=O)(=O)c2c(N)ccc(C)c2C)C1. The highest BCUT2D eigenvalue weighted by Crippen LogP contribution is 2.31. The first-order chi connectivity index (χ1) is 9.35. The van der Waals surface area contributed by atoms with Crippen molar-refractivity contribution in [2.45, 2.75) is 49.3 Å². The van der Waals surface area contributed by atoms with E-state index in [2.05, 4.69) is 11.0 Å². The molecule has 0 aliphatic heterocycles. The van der Waals surface area contributed by atoms with Gasteiger partial charge < -0.3 is 5.73 Å². The molecule has 3 N–H and O–H groups in total. The lowest BCUT2D eigenvalue weighted by Gasteiger charge is -2.17. The Morgan fingerprint density at radius 2 is 2.00 bits per heavy atom. The molecule has 0 heterocycles. The molecule has 1 aromatic carbocycles. The first kappa shape index (κ1) is 15.7. The molecule has 0 radical (unpaired) electrons. The normalized spacial score (nSPS) is 23.1. The molecular formula is C14H22N2O2S2. The van der Waals surface area contributed by atoms with Crippen LogP contribution in [0.15, 0.2) is 17.0 Å². The van der Waals surface area contributed by atoms with E-state index in [-0.39, 0.29) is 10.9 Å². The van der Waals surface area contributed by atoms with Gasteiger partial charge in [0.2, 0.25) is 10.0 Å². The highest BCUT2D eigenvalue weighted by atomic mass is 32.2. The molecule has 20 heavy (non-hydrogen) atoms. The van der Waals surface area contributed by atoms with Gasteiger partial charge in [0.15, 0.2) is 0 Å². The summed E-state index contributed by atoms with van der Waals surface area (Å²) < 4.78 is 28.0. The van der Waals surface area contributed by atoms with E-state index in [4.69, 9.17) is 5.73 Å². The largest absolute Gasteiger partial charge is 0.398 e. The Labute approximate surface area is 125 Å². The molecule has 0 saturated heterocycles. The third kappa shape index (κ3) is 3.13. The summed E-state index contributed by atoms with van der Waals surface area (Å²) in [6, 6.07) is 3.54. The number of rotatable bonds is 4. The minimum Gasteiger partial charge on any atom is -0.398 e. The number of hydrogen-bond acceptors (Lipinski definition) is 4. The lowest BCUT2D eigenvalue weighted by atomic mass is 10.1. The standard InChI is InChI=1S/C14H22N2O2S2/c1-9-4-7-13(15)14(10(9)2)20(17,18)16-11-5-6-12(8-11)19-3/h4,7,11-12,16H,5-6,8,15H2,1-3H3. The highest BCUT2D eigenvalue weighted by Gasteiger charge is 2.30. The van der Waals surface area contributed by atoms with Gasteiger partial charge in [-0.05, 0) is 56.6 Å². The Balaban J connectivity index is 2.26. The number of hydrogen-bond donors (Lipinski definition) is 2. The zero-order chi connectivity index (χ0) is 14.9. The summed E-state index contributed by atoms with van der Waals surface area (Å²) >= 11 is 1.81. The summed E-state index contributed by atoms with van der Waals surface area (Å²) in [7, 11) is -3.54. The van der Waals surface area contributed by atoms with Crippen LogP contribution >= 0.6 is 11.8 Å². The Hall–Kier alpha value is -0.720. The predicted molar refractivity (Wildman–Crippen MR) is 85.6 cm³/mol. The van der Waals surface area contributed by atoms with Crippen LogP contribution in [-0.4, -0.2) is 26.0 Å². The Bertz CT molecular complexity index is 599. The maximum absolute atomic E-state index is 12.6. The second-order valence-corrected chi connectivity index (χ2v) is 8.20. The maximum Gasteiger partial charge on any atom is 0.243 e. The van der Waals surface area contributed by atoms with Gasteiger partial charge in [-0.25, -0.2) is 13.1 Å². The van der Waals surface area contributed by atoms with Gasteiger partial charge >= 0.3 is 0 Å². The van der Waals surface area contributed by atoms with Crippen molar-refractivity contribution in [2.75, 3.05) is 12.0 Å². The molecule has 112 valence electrons. The van der Waals surface area contributed by atoms with E-state index in [9.17, 15) is 8.42 Å². The van der Waals surface area contributed by atoms with Crippen LogP contribution in [0.3, 0.4) is 0 Å². The van der Waals surface area contributed by atoms with Gasteiger partial charge in [-0.3, -0.25) is 0 Å². The van der Waals surface area contributed by atoms with Crippen LogP contribution in [-0.2, 0) is 10.0 Å². The molecule has 4 nitrogen and oxygen atoms in total. The summed E-state index contributed by atoms with van der Waals surface area (Å²) in [5.74, 6) is 0. The molecule has 1 fully saturated rings. The minimum atomic E-state index is -3.54. The van der Waals surface area contributed by atoms with Gasteiger partial charge in [-0.2, -0.15) is 11.8 Å². The van der Waals surface area contributed by atoms with Crippen molar-refractivity contribution >= 4 is 27.5 Å². The number of nitrogen functional groups attached to an aromatic ring is 1. The number of nitrogens with two attached hydrogens (primary N) is 1. The van der Waals surface area contributed by atoms with E-state index >= 15 is 0 Å². The van der Waals surface area contributed by atoms with Crippen molar-refractivity contribution in [3.63, 3.8) is 0 Å². The van der Waals surface area contributed by atoms with Gasteiger partial charge in [0.25, 0.3) is 0 Å². The van der Waals surface area contributed by atoms with Crippen molar-refractivity contribution in [1.29, 1.82) is 0 Å². The van der Waals surface area contributed by atoms with E-state index in [0.717, 1.165) is 30.4 Å². The molecule has 2 atom stereocenters. The Morgan fingerprint density at radius 3 is 2.60 bits per heavy atom. The molecule has 1 saturated carbocycles. The number of nitrogens with one attached hydrogen (secondary N) is 1. The molecule has 1 aromatic rings. The molecule has 6 heteroatoms. The summed E-state index contributed by atoms with van der Waals surface area (Å²) in [5.41, 5.74) is 7.87. The quantitative estimate of drug-likeness (QED) is 0.837. The Kier molecular flexibility index (Phi) is 4.66. The minimum absolute atomic E-state index is 0.0248. The first-order valence-electron chi connectivity index (χ1n) is 6.76. The van der Waals surface area contributed by atoms with Crippen molar-refractivity contribution in [3.8, 4) is 0 Å². The molecular weight excluding hydrogens is 292 g/mol. The van der Waals surface area contributed by atoms with Gasteiger partial charge in [0, 0.05) is 11.3 Å². The van der Waals surface area contributed by atoms with Crippen LogP contribution in [0.5, 0.6) is 0 Å². The van der Waals surface area contributed by atoms with E-state index in [1.807, 2.05) is 24.8 Å². The van der Waals surface area contributed by atoms with Crippen LogP contribution in [0.4, 0.5) is 5.69 Å². The number of sulfonamides is 1. The topological polar surface area (TPSA) is 72.2 Å². The third-order valence-electron chi connectivity index (χ3n) is 4.02. The van der Waals surface area contributed by atoms with Crippen LogP contribution < -0.4 is 10.5 Å². The molecule has 2 rings (SSSR count). The van der Waals surface area contributed by atoms with Gasteiger partial charge in [0.05, 0.1) is 5.69 Å². The maximum atomic E-state index is 12.6. The fourth-order valence-electron chi connectivity index (χ4n) is 2.71.